The fraction of sp³-hybridized carbons (Fsp3) is 0.490. The maximum atomic E-state index is 14.0. The van der Waals surface area contributed by atoms with Gasteiger partial charge in [-0.25, -0.2) is 18.8 Å². The van der Waals surface area contributed by atoms with Gasteiger partial charge in [0.25, 0.3) is 5.91 Å². The molecule has 4 amide bonds. The first-order valence-corrected chi connectivity index (χ1v) is 22.9. The van der Waals surface area contributed by atoms with Crippen molar-refractivity contribution in [3.05, 3.63) is 82.6 Å². The van der Waals surface area contributed by atoms with E-state index in [1.54, 1.807) is 50.4 Å². The van der Waals surface area contributed by atoms with Crippen LogP contribution in [0.15, 0.2) is 53.2 Å². The number of fused-ring (bicyclic) bond motifs is 1. The number of carbonyl (C=O) groups is 5. The van der Waals surface area contributed by atoms with Crippen LogP contribution in [-0.2, 0) is 23.9 Å². The highest BCUT2D eigenvalue weighted by atomic mass is 19.2. The highest BCUT2D eigenvalue weighted by Gasteiger charge is 2.34. The highest BCUT2D eigenvalue weighted by molar-refractivity contribution is 6.08. The Morgan fingerprint density at radius 1 is 0.882 bits per heavy atom. The molecule has 3 aromatic rings. The van der Waals surface area contributed by atoms with Crippen molar-refractivity contribution in [2.45, 2.75) is 98.5 Å². The van der Waals surface area contributed by atoms with Crippen LogP contribution in [0.25, 0.3) is 6.08 Å². The van der Waals surface area contributed by atoms with E-state index in [4.69, 9.17) is 15.2 Å². The van der Waals surface area contributed by atoms with E-state index in [0.29, 0.717) is 85.2 Å². The number of piperidine rings is 1. The summed E-state index contributed by atoms with van der Waals surface area (Å²) in [4.78, 5) is 77.8. The Bertz CT molecular complexity index is 2350. The van der Waals surface area contributed by atoms with Crippen molar-refractivity contribution in [3.63, 3.8) is 0 Å². The molecule has 68 heavy (non-hydrogen) atoms. The summed E-state index contributed by atoms with van der Waals surface area (Å²) in [6, 6.07) is 8.69. The SMILES string of the molecule is CCCN(CCC)C(=O)C1=Cc2ccc(C(=O)Nc3ccc(N4CCC(C(=O)NCCNC(=O)CCC(C)(C)OCCC(C)(C)C(=O)Oc5c(F)c(F)cc(F)c5F)CC4)nc3)cc2N=C(N)C1. The number of aromatic nitrogens is 1. The smallest absolute Gasteiger partial charge is 0.317 e. The van der Waals surface area contributed by atoms with Crippen LogP contribution in [0.4, 0.5) is 34.8 Å². The lowest BCUT2D eigenvalue weighted by atomic mass is 9.89. The lowest BCUT2D eigenvalue weighted by Crippen LogP contribution is -2.43. The third-order valence-electron chi connectivity index (χ3n) is 11.7. The Balaban J connectivity index is 0.986. The Labute approximate surface area is 394 Å². The predicted octanol–water partition coefficient (Wildman–Crippen LogP) is 7.36. The minimum Gasteiger partial charge on any atom is -0.420 e. The Kier molecular flexibility index (Phi) is 18.2. The van der Waals surface area contributed by atoms with Gasteiger partial charge in [0.1, 0.15) is 11.7 Å². The van der Waals surface area contributed by atoms with Crippen LogP contribution in [0.5, 0.6) is 5.75 Å². The molecule has 3 heterocycles. The number of anilines is 2. The van der Waals surface area contributed by atoms with Gasteiger partial charge in [0.05, 0.1) is 28.6 Å². The second-order valence-electron chi connectivity index (χ2n) is 18.2. The van der Waals surface area contributed by atoms with E-state index in [1.165, 1.54) is 13.8 Å². The van der Waals surface area contributed by atoms with Gasteiger partial charge in [-0.2, -0.15) is 8.78 Å². The van der Waals surface area contributed by atoms with Crippen LogP contribution in [0, 0.1) is 34.6 Å². The van der Waals surface area contributed by atoms with Gasteiger partial charge >= 0.3 is 5.97 Å². The van der Waals surface area contributed by atoms with Crippen LogP contribution in [0.2, 0.25) is 0 Å². The molecule has 15 nitrogen and oxygen atoms in total. The number of esters is 1. The molecular weight excluding hydrogens is 889 g/mol. The first kappa shape index (κ1) is 52.6. The van der Waals surface area contributed by atoms with Crippen molar-refractivity contribution in [3.8, 4) is 5.75 Å². The molecule has 0 radical (unpaired) electrons. The standard InChI is InChI=1S/C49H62F4N8O7/c1-7-20-61(21-8-2)46(65)33-25-31-9-10-32(26-37(31)59-38(54)27-33)45(64)58-34-11-12-39(57-29-34)60-22-14-30(15-23-60)44(63)56-19-18-55-40(62)13-16-49(5,6)67-24-17-48(3,4)47(66)68-43-41(52)35(50)28-36(51)42(43)53/h9-12,25-26,28-30H,7-8,13-24,27H2,1-6H3,(H2,54,59)(H,55,62)(H,56,63)(H,58,64). The number of ether oxygens (including phenoxy) is 2. The molecule has 0 bridgehead atoms. The van der Waals surface area contributed by atoms with Gasteiger partial charge in [0, 0.05) is 87.4 Å². The van der Waals surface area contributed by atoms with Crippen molar-refractivity contribution in [2.75, 3.05) is 56.1 Å². The summed E-state index contributed by atoms with van der Waals surface area (Å²) in [5, 5.41) is 8.55. The topological polar surface area (TPSA) is 198 Å². The summed E-state index contributed by atoms with van der Waals surface area (Å²) in [5.41, 5.74) is 6.72. The predicted molar refractivity (Wildman–Crippen MR) is 250 cm³/mol. The number of carbonyl (C=O) groups excluding carboxylic acids is 5. The van der Waals surface area contributed by atoms with E-state index in [2.05, 4.69) is 30.8 Å². The molecule has 0 unspecified atom stereocenters. The number of hydrogen-bond donors (Lipinski definition) is 4. The molecule has 368 valence electrons. The van der Waals surface area contributed by atoms with Crippen molar-refractivity contribution in [1.82, 2.24) is 20.5 Å². The number of nitrogens with zero attached hydrogens (tertiary/aromatic N) is 4. The van der Waals surface area contributed by atoms with Gasteiger partial charge < -0.3 is 41.0 Å². The lowest BCUT2D eigenvalue weighted by Gasteiger charge is -2.32. The number of amidine groups is 1. The number of benzene rings is 2. The summed E-state index contributed by atoms with van der Waals surface area (Å²) < 4.78 is 65.7. The molecule has 1 fully saturated rings. The zero-order valence-corrected chi connectivity index (χ0v) is 39.5. The molecular formula is C49H62F4N8O7. The monoisotopic (exact) mass is 950 g/mol. The molecule has 0 saturated carbocycles. The molecule has 0 atom stereocenters. The number of amides is 4. The van der Waals surface area contributed by atoms with Gasteiger partial charge in [-0.15, -0.1) is 0 Å². The first-order valence-electron chi connectivity index (χ1n) is 22.9. The van der Waals surface area contributed by atoms with E-state index < -0.39 is 46.0 Å². The van der Waals surface area contributed by atoms with Gasteiger partial charge in [-0.05, 0) is 96.6 Å². The van der Waals surface area contributed by atoms with Crippen LogP contribution in [0.3, 0.4) is 0 Å². The molecule has 1 saturated heterocycles. The summed E-state index contributed by atoms with van der Waals surface area (Å²) >= 11 is 0. The molecule has 2 aliphatic rings. The largest absolute Gasteiger partial charge is 0.420 e. The van der Waals surface area contributed by atoms with E-state index in [9.17, 15) is 41.5 Å². The normalized spacial score (nSPS) is 14.2. The van der Waals surface area contributed by atoms with E-state index in [0.717, 1.165) is 12.8 Å². The quantitative estimate of drug-likeness (QED) is 0.0275. The van der Waals surface area contributed by atoms with Crippen molar-refractivity contribution < 1.29 is 51.0 Å². The number of pyridine rings is 1. The number of halogens is 4. The zero-order chi connectivity index (χ0) is 49.8. The third-order valence-corrected chi connectivity index (χ3v) is 11.7. The molecule has 19 heteroatoms. The van der Waals surface area contributed by atoms with Crippen LogP contribution in [0.1, 0.15) is 109 Å². The highest BCUT2D eigenvalue weighted by Crippen LogP contribution is 2.32. The molecule has 5 rings (SSSR count). The van der Waals surface area contributed by atoms with Crippen LogP contribution < -0.4 is 31.3 Å². The Morgan fingerprint density at radius 2 is 1.54 bits per heavy atom. The second kappa shape index (κ2) is 23.6. The number of nitrogens with one attached hydrogen (secondary N) is 3. The maximum Gasteiger partial charge on any atom is 0.317 e. The summed E-state index contributed by atoms with van der Waals surface area (Å²) in [6.07, 6.45) is 6.94. The minimum atomic E-state index is -1.82. The Morgan fingerprint density at radius 3 is 2.18 bits per heavy atom. The van der Waals surface area contributed by atoms with Crippen molar-refractivity contribution >= 4 is 58.7 Å². The van der Waals surface area contributed by atoms with Gasteiger partial charge in [0.15, 0.2) is 11.6 Å². The lowest BCUT2D eigenvalue weighted by molar-refractivity contribution is -0.146. The van der Waals surface area contributed by atoms with E-state index in [1.807, 2.05) is 24.8 Å². The van der Waals surface area contributed by atoms with E-state index in [-0.39, 0.29) is 74.6 Å². The summed E-state index contributed by atoms with van der Waals surface area (Å²) in [6.45, 7) is 13.4. The second-order valence-corrected chi connectivity index (χ2v) is 18.2. The fourth-order valence-electron chi connectivity index (χ4n) is 7.61. The molecule has 2 aliphatic heterocycles. The number of nitrogens with two attached hydrogens (primary N) is 1. The molecule has 0 spiro atoms. The summed E-state index contributed by atoms with van der Waals surface area (Å²) in [7, 11) is 0. The average Bonchev–Trinajstić information content (AvgIpc) is 3.47. The average molecular weight is 951 g/mol. The Hall–Kier alpha value is -6.37. The van der Waals surface area contributed by atoms with E-state index >= 15 is 0 Å². The number of rotatable bonds is 21. The van der Waals surface area contributed by atoms with Crippen molar-refractivity contribution in [1.29, 1.82) is 0 Å². The number of aliphatic imine (C=N–C) groups is 1. The molecule has 1 aromatic heterocycles. The van der Waals surface area contributed by atoms with Gasteiger partial charge in [0.2, 0.25) is 35.1 Å². The van der Waals surface area contributed by atoms with Gasteiger partial charge in [-0.3, -0.25) is 24.0 Å². The zero-order valence-electron chi connectivity index (χ0n) is 39.5. The van der Waals surface area contributed by atoms with Crippen LogP contribution in [-0.4, -0.2) is 96.8 Å². The molecule has 5 N–H and O–H groups in total. The van der Waals surface area contributed by atoms with Gasteiger partial charge in [-0.1, -0.05) is 19.9 Å². The maximum absolute atomic E-state index is 14.0. The molecule has 0 aliphatic carbocycles. The number of hydrogen-bond acceptors (Lipinski definition) is 11. The summed E-state index contributed by atoms with van der Waals surface area (Å²) in [5.74, 6) is -9.60. The first-order chi connectivity index (χ1) is 32.2. The van der Waals surface area contributed by atoms with Crippen LogP contribution >= 0.6 is 0 Å². The minimum absolute atomic E-state index is 0.00140. The fourth-order valence-corrected chi connectivity index (χ4v) is 7.61. The molecule has 2 aromatic carbocycles. The van der Waals surface area contributed by atoms with Crippen molar-refractivity contribution in [2.24, 2.45) is 22.1 Å². The third kappa shape index (κ3) is 14.3.